The van der Waals surface area contributed by atoms with Crippen LogP contribution in [0, 0.1) is 11.8 Å². The molecule has 0 spiro atoms. The Labute approximate surface area is 113 Å². The van der Waals surface area contributed by atoms with Gasteiger partial charge in [0.2, 0.25) is 5.91 Å². The molecule has 0 radical (unpaired) electrons. The molecule has 0 aliphatic heterocycles. The van der Waals surface area contributed by atoms with E-state index in [4.69, 9.17) is 17.3 Å². The highest BCUT2D eigenvalue weighted by Gasteiger charge is 2.24. The number of nitrogens with one attached hydrogen (secondary N) is 1. The van der Waals surface area contributed by atoms with Crippen LogP contribution in [0.25, 0.3) is 0 Å². The average molecular weight is 267 g/mol. The van der Waals surface area contributed by atoms with Gasteiger partial charge in [-0.05, 0) is 49.8 Å². The first-order valence-electron chi connectivity index (χ1n) is 6.42. The monoisotopic (exact) mass is 266 g/mol. The molecular weight excluding hydrogens is 248 g/mol. The zero-order chi connectivity index (χ0) is 13.1. The Morgan fingerprint density at radius 1 is 1.33 bits per heavy atom. The second kappa shape index (κ2) is 5.61. The fourth-order valence-corrected chi connectivity index (χ4v) is 2.56. The lowest BCUT2D eigenvalue weighted by Gasteiger charge is -2.25. The minimum absolute atomic E-state index is 0.0643. The van der Waals surface area contributed by atoms with Crippen molar-refractivity contribution < 1.29 is 4.79 Å². The predicted octanol–water partition coefficient (Wildman–Crippen LogP) is 3.69. The van der Waals surface area contributed by atoms with Crippen molar-refractivity contribution in [2.75, 3.05) is 11.1 Å². The van der Waals surface area contributed by atoms with Crippen LogP contribution in [0.2, 0.25) is 5.02 Å². The molecule has 1 amide bonds. The van der Waals surface area contributed by atoms with Crippen molar-refractivity contribution in [2.24, 2.45) is 11.8 Å². The largest absolute Gasteiger partial charge is 0.399 e. The van der Waals surface area contributed by atoms with Crippen molar-refractivity contribution in [1.82, 2.24) is 0 Å². The first kappa shape index (κ1) is 13.2. The molecule has 0 saturated heterocycles. The lowest BCUT2D eigenvalue weighted by molar-refractivity contribution is -0.121. The fourth-order valence-electron chi connectivity index (χ4n) is 2.40. The molecule has 1 fully saturated rings. The second-order valence-corrected chi connectivity index (χ2v) is 5.59. The molecule has 1 aromatic carbocycles. The van der Waals surface area contributed by atoms with Crippen molar-refractivity contribution in [3.05, 3.63) is 23.2 Å². The summed E-state index contributed by atoms with van der Waals surface area (Å²) in [5.74, 6) is 0.915. The lowest BCUT2D eigenvalue weighted by atomic mass is 9.82. The summed E-state index contributed by atoms with van der Waals surface area (Å²) in [7, 11) is 0. The van der Waals surface area contributed by atoms with Crippen LogP contribution in [0.5, 0.6) is 0 Å². The minimum atomic E-state index is 0.0643. The molecule has 18 heavy (non-hydrogen) atoms. The quantitative estimate of drug-likeness (QED) is 0.802. The van der Waals surface area contributed by atoms with E-state index < -0.39 is 0 Å². The fraction of sp³-hybridized carbons (Fsp3) is 0.500. The number of amides is 1. The molecule has 0 aromatic heterocycles. The molecule has 0 atom stereocenters. The van der Waals surface area contributed by atoms with Crippen LogP contribution in [0.1, 0.15) is 32.6 Å². The first-order chi connectivity index (χ1) is 8.56. The number of nitrogens with two attached hydrogens (primary N) is 1. The maximum atomic E-state index is 12.1. The number of anilines is 2. The number of hydrogen-bond donors (Lipinski definition) is 2. The summed E-state index contributed by atoms with van der Waals surface area (Å²) in [6.45, 7) is 2.24. The molecule has 0 unspecified atom stereocenters. The summed E-state index contributed by atoms with van der Waals surface area (Å²) in [5.41, 5.74) is 6.90. The van der Waals surface area contributed by atoms with Gasteiger partial charge in [0, 0.05) is 11.6 Å². The molecule has 4 heteroatoms. The molecule has 0 bridgehead atoms. The molecular formula is C14H19ClN2O. The van der Waals surface area contributed by atoms with Crippen molar-refractivity contribution in [3.63, 3.8) is 0 Å². The minimum Gasteiger partial charge on any atom is -0.399 e. The average Bonchev–Trinajstić information content (AvgIpc) is 2.34. The number of hydrogen-bond acceptors (Lipinski definition) is 2. The van der Waals surface area contributed by atoms with Gasteiger partial charge in [0.25, 0.3) is 0 Å². The van der Waals surface area contributed by atoms with Gasteiger partial charge in [-0.25, -0.2) is 0 Å². The second-order valence-electron chi connectivity index (χ2n) is 5.19. The number of rotatable bonds is 2. The number of carbonyl (C=O) groups excluding carboxylic acids is 1. The van der Waals surface area contributed by atoms with E-state index in [9.17, 15) is 4.79 Å². The number of halogens is 1. The first-order valence-corrected chi connectivity index (χ1v) is 6.80. The van der Waals surface area contributed by atoms with Crippen molar-refractivity contribution in [1.29, 1.82) is 0 Å². The van der Waals surface area contributed by atoms with E-state index in [1.165, 1.54) is 0 Å². The summed E-state index contributed by atoms with van der Waals surface area (Å²) in [5, 5.41) is 3.41. The normalized spacial score (nSPS) is 23.7. The molecule has 0 heterocycles. The van der Waals surface area contributed by atoms with Gasteiger partial charge in [0.1, 0.15) is 0 Å². The predicted molar refractivity (Wildman–Crippen MR) is 75.6 cm³/mol. The zero-order valence-corrected chi connectivity index (χ0v) is 11.3. The molecule has 3 nitrogen and oxygen atoms in total. The van der Waals surface area contributed by atoms with Gasteiger partial charge >= 0.3 is 0 Å². The molecule has 1 saturated carbocycles. The molecule has 98 valence electrons. The Morgan fingerprint density at radius 2 is 2.00 bits per heavy atom. The summed E-state index contributed by atoms with van der Waals surface area (Å²) < 4.78 is 0. The molecule has 1 aromatic rings. The smallest absolute Gasteiger partial charge is 0.227 e. The number of carbonyl (C=O) groups is 1. The van der Waals surface area contributed by atoms with Crippen molar-refractivity contribution in [3.8, 4) is 0 Å². The summed E-state index contributed by atoms with van der Waals surface area (Å²) in [4.78, 5) is 12.1. The Morgan fingerprint density at radius 3 is 2.67 bits per heavy atom. The van der Waals surface area contributed by atoms with Gasteiger partial charge in [0.15, 0.2) is 0 Å². The lowest BCUT2D eigenvalue weighted by Crippen LogP contribution is -2.26. The van der Waals surface area contributed by atoms with E-state index in [0.29, 0.717) is 16.4 Å². The Bertz CT molecular complexity index is 439. The number of nitrogen functional groups attached to an aromatic ring is 1. The third-order valence-corrected chi connectivity index (χ3v) is 3.96. The standard InChI is InChI=1S/C14H19ClN2O/c1-9-2-4-10(5-3-9)14(18)17-13-8-11(16)6-7-12(13)15/h6-10H,2-5,16H2,1H3,(H,17,18). The maximum Gasteiger partial charge on any atom is 0.227 e. The van der Waals surface area contributed by atoms with E-state index in [1.807, 2.05) is 0 Å². The molecule has 1 aliphatic rings. The van der Waals surface area contributed by atoms with E-state index >= 15 is 0 Å². The summed E-state index contributed by atoms with van der Waals surface area (Å²) >= 11 is 6.03. The Hall–Kier alpha value is -1.22. The maximum absolute atomic E-state index is 12.1. The zero-order valence-electron chi connectivity index (χ0n) is 10.6. The van der Waals surface area contributed by atoms with Crippen LogP contribution in [0.4, 0.5) is 11.4 Å². The highest BCUT2D eigenvalue weighted by atomic mass is 35.5. The van der Waals surface area contributed by atoms with Crippen LogP contribution in [0.3, 0.4) is 0 Å². The third-order valence-electron chi connectivity index (χ3n) is 3.63. The highest BCUT2D eigenvalue weighted by Crippen LogP contribution is 2.30. The van der Waals surface area contributed by atoms with Gasteiger partial charge in [-0.1, -0.05) is 18.5 Å². The van der Waals surface area contributed by atoms with Crippen LogP contribution < -0.4 is 11.1 Å². The number of benzene rings is 1. The molecule has 3 N–H and O–H groups in total. The van der Waals surface area contributed by atoms with E-state index in [1.54, 1.807) is 18.2 Å². The van der Waals surface area contributed by atoms with Gasteiger partial charge < -0.3 is 11.1 Å². The van der Waals surface area contributed by atoms with Gasteiger partial charge in [-0.2, -0.15) is 0 Å². The van der Waals surface area contributed by atoms with E-state index in [0.717, 1.165) is 31.6 Å². The van der Waals surface area contributed by atoms with Crippen LogP contribution in [-0.2, 0) is 4.79 Å². The summed E-state index contributed by atoms with van der Waals surface area (Å²) in [6.07, 6.45) is 4.19. The molecule has 2 rings (SSSR count). The van der Waals surface area contributed by atoms with Crippen molar-refractivity contribution in [2.45, 2.75) is 32.6 Å². The topological polar surface area (TPSA) is 55.1 Å². The van der Waals surface area contributed by atoms with Gasteiger partial charge in [-0.3, -0.25) is 4.79 Å². The van der Waals surface area contributed by atoms with Crippen molar-refractivity contribution >= 4 is 28.9 Å². The summed E-state index contributed by atoms with van der Waals surface area (Å²) in [6, 6.07) is 5.13. The Kier molecular flexibility index (Phi) is 4.12. The highest BCUT2D eigenvalue weighted by molar-refractivity contribution is 6.33. The van der Waals surface area contributed by atoms with Gasteiger partial charge in [-0.15, -0.1) is 0 Å². The molecule has 1 aliphatic carbocycles. The van der Waals surface area contributed by atoms with Crippen LogP contribution in [-0.4, -0.2) is 5.91 Å². The van der Waals surface area contributed by atoms with E-state index in [-0.39, 0.29) is 11.8 Å². The Balaban J connectivity index is 2.00. The van der Waals surface area contributed by atoms with Crippen LogP contribution >= 0.6 is 11.6 Å². The SMILES string of the molecule is CC1CCC(C(=O)Nc2cc(N)ccc2Cl)CC1. The third kappa shape index (κ3) is 3.16. The van der Waals surface area contributed by atoms with Gasteiger partial charge in [0.05, 0.1) is 10.7 Å². The van der Waals surface area contributed by atoms with Crippen LogP contribution in [0.15, 0.2) is 18.2 Å². The van der Waals surface area contributed by atoms with E-state index in [2.05, 4.69) is 12.2 Å².